The summed E-state index contributed by atoms with van der Waals surface area (Å²) in [5, 5.41) is 5.20. The molecule has 0 aliphatic heterocycles. The van der Waals surface area contributed by atoms with Crippen LogP contribution in [0.25, 0.3) is 0 Å². The SMILES string of the molecule is C#Cc1ccc(C(C(=O)NCCCCC)N(C#C)C(=O)CNC(=O)OC(C)(C)C)cc1. The summed E-state index contributed by atoms with van der Waals surface area (Å²) >= 11 is 0. The van der Waals surface area contributed by atoms with Crippen LogP contribution in [-0.4, -0.2) is 41.5 Å². The first-order valence-corrected chi connectivity index (χ1v) is 10.2. The van der Waals surface area contributed by atoms with E-state index in [4.69, 9.17) is 17.6 Å². The maximum atomic E-state index is 12.9. The van der Waals surface area contributed by atoms with Gasteiger partial charge in [0.05, 0.1) is 0 Å². The number of alkyl carbamates (subject to hydrolysis) is 1. The van der Waals surface area contributed by atoms with E-state index in [1.54, 1.807) is 45.0 Å². The summed E-state index contributed by atoms with van der Waals surface area (Å²) < 4.78 is 5.13. The van der Waals surface area contributed by atoms with Crippen LogP contribution in [0.1, 0.15) is 64.1 Å². The van der Waals surface area contributed by atoms with Crippen molar-refractivity contribution in [2.75, 3.05) is 13.1 Å². The first-order chi connectivity index (χ1) is 14.6. The zero-order valence-corrected chi connectivity index (χ0v) is 18.7. The molecule has 166 valence electrons. The second-order valence-corrected chi connectivity index (χ2v) is 7.92. The van der Waals surface area contributed by atoms with Crippen LogP contribution in [0.5, 0.6) is 0 Å². The number of unbranched alkanes of at least 4 members (excludes halogenated alkanes) is 2. The molecule has 0 fully saturated rings. The monoisotopic (exact) mass is 425 g/mol. The number of rotatable bonds is 9. The highest BCUT2D eigenvalue weighted by molar-refractivity contribution is 5.91. The first-order valence-electron chi connectivity index (χ1n) is 10.2. The lowest BCUT2D eigenvalue weighted by molar-refractivity contribution is -0.136. The van der Waals surface area contributed by atoms with E-state index in [1.807, 2.05) is 0 Å². The molecule has 7 heteroatoms. The summed E-state index contributed by atoms with van der Waals surface area (Å²) in [5.41, 5.74) is 0.435. The van der Waals surface area contributed by atoms with Gasteiger partial charge >= 0.3 is 6.09 Å². The topological polar surface area (TPSA) is 87.7 Å². The molecule has 1 atom stereocenters. The van der Waals surface area contributed by atoms with Crippen molar-refractivity contribution < 1.29 is 19.1 Å². The number of ether oxygens (including phenoxy) is 1. The highest BCUT2D eigenvalue weighted by Crippen LogP contribution is 2.21. The number of amides is 3. The number of hydrogen-bond acceptors (Lipinski definition) is 4. The molecule has 0 spiro atoms. The van der Waals surface area contributed by atoms with Gasteiger partial charge in [-0.1, -0.05) is 44.2 Å². The molecule has 0 heterocycles. The van der Waals surface area contributed by atoms with Crippen LogP contribution in [0.3, 0.4) is 0 Å². The maximum absolute atomic E-state index is 12.9. The second-order valence-electron chi connectivity index (χ2n) is 7.92. The van der Waals surface area contributed by atoms with E-state index in [-0.39, 0.29) is 0 Å². The zero-order chi connectivity index (χ0) is 23.4. The van der Waals surface area contributed by atoms with Gasteiger partial charge in [-0.2, -0.15) is 0 Å². The van der Waals surface area contributed by atoms with Crippen LogP contribution in [0, 0.1) is 24.8 Å². The van der Waals surface area contributed by atoms with Crippen molar-refractivity contribution in [2.45, 2.75) is 58.6 Å². The van der Waals surface area contributed by atoms with Gasteiger partial charge in [0.1, 0.15) is 18.2 Å². The van der Waals surface area contributed by atoms with Gasteiger partial charge in [0.25, 0.3) is 5.91 Å². The van der Waals surface area contributed by atoms with E-state index in [0.717, 1.165) is 24.2 Å². The third kappa shape index (κ3) is 8.84. The Morgan fingerprint density at radius 2 is 1.74 bits per heavy atom. The summed E-state index contributed by atoms with van der Waals surface area (Å²) in [6.45, 7) is 7.24. The summed E-state index contributed by atoms with van der Waals surface area (Å²) in [7, 11) is 0. The second kappa shape index (κ2) is 12.3. The lowest BCUT2D eigenvalue weighted by Gasteiger charge is -2.27. The fourth-order valence-electron chi connectivity index (χ4n) is 2.70. The molecule has 7 nitrogen and oxygen atoms in total. The largest absolute Gasteiger partial charge is 0.444 e. The van der Waals surface area contributed by atoms with Gasteiger partial charge in [-0.05, 0) is 44.9 Å². The molecule has 1 aromatic carbocycles. The van der Waals surface area contributed by atoms with Gasteiger partial charge in [0.2, 0.25) is 5.91 Å². The molecule has 0 aromatic heterocycles. The summed E-state index contributed by atoms with van der Waals surface area (Å²) in [6, 6.07) is 7.87. The molecule has 0 saturated heterocycles. The Balaban J connectivity index is 3.02. The Morgan fingerprint density at radius 1 is 1.10 bits per heavy atom. The van der Waals surface area contributed by atoms with Gasteiger partial charge in [-0.15, -0.1) is 6.42 Å². The molecular weight excluding hydrogens is 394 g/mol. The summed E-state index contributed by atoms with van der Waals surface area (Å²) in [6.07, 6.45) is 13.0. The molecular formula is C24H31N3O4. The average Bonchev–Trinajstić information content (AvgIpc) is 2.72. The van der Waals surface area contributed by atoms with E-state index in [2.05, 4.69) is 29.5 Å². The van der Waals surface area contributed by atoms with Crippen LogP contribution in [0.2, 0.25) is 0 Å². The van der Waals surface area contributed by atoms with Crippen LogP contribution >= 0.6 is 0 Å². The Hall–Kier alpha value is -3.45. The van der Waals surface area contributed by atoms with Gasteiger partial charge in [-0.25, -0.2) is 4.79 Å². The van der Waals surface area contributed by atoms with Gasteiger partial charge in [0.15, 0.2) is 0 Å². The predicted molar refractivity (Wildman–Crippen MR) is 120 cm³/mol. The number of hydrogen-bond donors (Lipinski definition) is 2. The Labute approximate surface area is 184 Å². The highest BCUT2D eigenvalue weighted by atomic mass is 16.6. The molecule has 3 amide bonds. The van der Waals surface area contributed by atoms with Crippen molar-refractivity contribution in [1.29, 1.82) is 0 Å². The minimum absolute atomic E-state index is 0.409. The van der Waals surface area contributed by atoms with Gasteiger partial charge in [-0.3, -0.25) is 14.5 Å². The van der Waals surface area contributed by atoms with E-state index < -0.39 is 36.1 Å². The standard InChI is InChI=1S/C24H31N3O4/c1-7-10-11-16-25-22(29)21(19-14-12-18(8-2)13-15-19)27(9-3)20(28)17-26-23(30)31-24(4,5)6/h2-3,12-15,21H,7,10-11,16-17H2,1,4-6H3,(H,25,29)(H,26,30). The Kier molecular flexibility index (Phi) is 10.1. The van der Waals surface area contributed by atoms with E-state index >= 15 is 0 Å². The maximum Gasteiger partial charge on any atom is 0.408 e. The average molecular weight is 426 g/mol. The third-order valence-corrected chi connectivity index (χ3v) is 4.17. The first kappa shape index (κ1) is 25.6. The van der Waals surface area contributed by atoms with Crippen LogP contribution in [0.15, 0.2) is 24.3 Å². The molecule has 0 aliphatic rings. The van der Waals surface area contributed by atoms with Gasteiger partial charge in [0, 0.05) is 18.2 Å². The fourth-order valence-corrected chi connectivity index (χ4v) is 2.70. The number of carbonyl (C=O) groups is 3. The minimum Gasteiger partial charge on any atom is -0.444 e. The third-order valence-electron chi connectivity index (χ3n) is 4.17. The highest BCUT2D eigenvalue weighted by Gasteiger charge is 2.31. The molecule has 31 heavy (non-hydrogen) atoms. The van der Waals surface area contributed by atoms with E-state index in [9.17, 15) is 14.4 Å². The summed E-state index contributed by atoms with van der Waals surface area (Å²) in [5.74, 6) is 1.47. The predicted octanol–water partition coefficient (Wildman–Crippen LogP) is 2.96. The molecule has 0 bridgehead atoms. The van der Waals surface area contributed by atoms with Crippen LogP contribution < -0.4 is 10.6 Å². The quantitative estimate of drug-likeness (QED) is 0.362. The molecule has 0 saturated carbocycles. The van der Waals surface area contributed by atoms with Crippen molar-refractivity contribution in [1.82, 2.24) is 15.5 Å². The number of benzene rings is 1. The van der Waals surface area contributed by atoms with Crippen molar-refractivity contribution in [2.24, 2.45) is 0 Å². The zero-order valence-electron chi connectivity index (χ0n) is 18.7. The van der Waals surface area contributed by atoms with Gasteiger partial charge < -0.3 is 15.4 Å². The summed E-state index contributed by atoms with van der Waals surface area (Å²) in [4.78, 5) is 38.5. The number of carbonyl (C=O) groups excluding carboxylic acids is 3. The normalized spacial score (nSPS) is 11.4. The van der Waals surface area contributed by atoms with Crippen LogP contribution in [-0.2, 0) is 14.3 Å². The lowest BCUT2D eigenvalue weighted by atomic mass is 10.0. The van der Waals surface area contributed by atoms with Crippen molar-refractivity contribution in [3.8, 4) is 24.8 Å². The molecule has 0 radical (unpaired) electrons. The lowest BCUT2D eigenvalue weighted by Crippen LogP contribution is -2.46. The number of nitrogens with one attached hydrogen (secondary N) is 2. The fraction of sp³-hybridized carbons (Fsp3) is 0.458. The van der Waals surface area contributed by atoms with Crippen molar-refractivity contribution in [3.63, 3.8) is 0 Å². The molecule has 0 aliphatic carbocycles. The number of terminal acetylenes is 2. The van der Waals surface area contributed by atoms with E-state index in [0.29, 0.717) is 17.7 Å². The van der Waals surface area contributed by atoms with Crippen molar-refractivity contribution >= 4 is 17.9 Å². The van der Waals surface area contributed by atoms with Crippen molar-refractivity contribution in [3.05, 3.63) is 35.4 Å². The van der Waals surface area contributed by atoms with Crippen LogP contribution in [0.4, 0.5) is 4.79 Å². The molecule has 1 aromatic rings. The molecule has 2 N–H and O–H groups in total. The number of nitrogens with zero attached hydrogens (tertiary/aromatic N) is 1. The minimum atomic E-state index is -1.06. The van der Waals surface area contributed by atoms with E-state index in [1.165, 1.54) is 0 Å². The molecule has 1 unspecified atom stereocenters. The smallest absolute Gasteiger partial charge is 0.408 e. The Morgan fingerprint density at radius 3 is 2.26 bits per heavy atom. The Bertz CT molecular complexity index is 842. The molecule has 1 rings (SSSR count).